The van der Waals surface area contributed by atoms with Crippen LogP contribution in [0.1, 0.15) is 44.5 Å². The zero-order chi connectivity index (χ0) is 11.8. The SMILES string of the molecule is CC(C)(C)OC(=O)NC1CCc2[nH]ncc21. The molecule has 0 saturated carbocycles. The minimum atomic E-state index is -0.456. The van der Waals surface area contributed by atoms with E-state index >= 15 is 0 Å². The zero-order valence-corrected chi connectivity index (χ0v) is 9.83. The Bertz CT molecular complexity index is 392. The minimum Gasteiger partial charge on any atom is -0.444 e. The van der Waals surface area contributed by atoms with Crippen molar-refractivity contribution in [1.82, 2.24) is 15.5 Å². The Labute approximate surface area is 94.6 Å². The molecule has 0 saturated heterocycles. The second-order valence-electron chi connectivity index (χ2n) is 5.04. The van der Waals surface area contributed by atoms with Crippen LogP contribution >= 0.6 is 0 Å². The molecule has 0 aliphatic heterocycles. The quantitative estimate of drug-likeness (QED) is 0.764. The van der Waals surface area contributed by atoms with E-state index in [1.807, 2.05) is 20.8 Å². The number of aryl methyl sites for hydroxylation is 1. The maximum atomic E-state index is 11.6. The van der Waals surface area contributed by atoms with Gasteiger partial charge < -0.3 is 10.1 Å². The molecule has 1 aliphatic carbocycles. The van der Waals surface area contributed by atoms with Crippen LogP contribution in [-0.2, 0) is 11.2 Å². The van der Waals surface area contributed by atoms with Crippen molar-refractivity contribution in [1.29, 1.82) is 0 Å². The van der Waals surface area contributed by atoms with Crippen LogP contribution in [0.25, 0.3) is 0 Å². The van der Waals surface area contributed by atoms with Gasteiger partial charge in [0.05, 0.1) is 12.2 Å². The monoisotopic (exact) mass is 223 g/mol. The number of amides is 1. The fourth-order valence-corrected chi connectivity index (χ4v) is 1.87. The van der Waals surface area contributed by atoms with Crippen molar-refractivity contribution >= 4 is 6.09 Å². The standard InChI is InChI=1S/C11H17N3O2/c1-11(2,3)16-10(15)13-8-4-5-9-7(8)6-12-14-9/h6,8H,4-5H2,1-3H3,(H,12,14)(H,13,15). The van der Waals surface area contributed by atoms with E-state index < -0.39 is 5.60 Å². The molecular weight excluding hydrogens is 206 g/mol. The second kappa shape index (κ2) is 3.81. The molecule has 1 aromatic rings. The fourth-order valence-electron chi connectivity index (χ4n) is 1.87. The molecule has 5 heteroatoms. The van der Waals surface area contributed by atoms with Gasteiger partial charge >= 0.3 is 6.09 Å². The Balaban J connectivity index is 1.95. The molecule has 16 heavy (non-hydrogen) atoms. The topological polar surface area (TPSA) is 67.0 Å². The van der Waals surface area contributed by atoms with Crippen molar-refractivity contribution in [3.8, 4) is 0 Å². The molecule has 2 N–H and O–H groups in total. The first-order chi connectivity index (χ1) is 7.46. The third-order valence-corrected chi connectivity index (χ3v) is 2.50. The summed E-state index contributed by atoms with van der Waals surface area (Å²) in [5.41, 5.74) is 1.73. The van der Waals surface area contributed by atoms with Crippen LogP contribution in [0.15, 0.2) is 6.20 Å². The van der Waals surface area contributed by atoms with Gasteiger partial charge in [0.2, 0.25) is 0 Å². The predicted octanol–water partition coefficient (Wildman–Crippen LogP) is 1.92. The third kappa shape index (κ3) is 2.35. The summed E-state index contributed by atoms with van der Waals surface area (Å²) in [6.45, 7) is 5.56. The van der Waals surface area contributed by atoms with E-state index in [0.717, 1.165) is 24.1 Å². The molecular formula is C11H17N3O2. The highest BCUT2D eigenvalue weighted by Crippen LogP contribution is 2.29. The number of fused-ring (bicyclic) bond motifs is 1. The fraction of sp³-hybridized carbons (Fsp3) is 0.636. The maximum absolute atomic E-state index is 11.6. The Kier molecular flexibility index (Phi) is 2.61. The van der Waals surface area contributed by atoms with Crippen molar-refractivity contribution < 1.29 is 9.53 Å². The Morgan fingerprint density at radius 1 is 1.62 bits per heavy atom. The molecule has 1 aromatic heterocycles. The van der Waals surface area contributed by atoms with Gasteiger partial charge in [-0.15, -0.1) is 0 Å². The summed E-state index contributed by atoms with van der Waals surface area (Å²) in [5, 5.41) is 9.74. The van der Waals surface area contributed by atoms with Crippen molar-refractivity contribution in [2.75, 3.05) is 0 Å². The van der Waals surface area contributed by atoms with Gasteiger partial charge in [0.1, 0.15) is 5.60 Å². The second-order valence-corrected chi connectivity index (χ2v) is 5.04. The summed E-state index contributed by atoms with van der Waals surface area (Å²) in [6.07, 6.45) is 3.23. The van der Waals surface area contributed by atoms with Gasteiger partial charge in [-0.05, 0) is 33.6 Å². The van der Waals surface area contributed by atoms with Crippen LogP contribution in [0.4, 0.5) is 4.79 Å². The van der Waals surface area contributed by atoms with Crippen LogP contribution in [0.5, 0.6) is 0 Å². The Hall–Kier alpha value is -1.52. The first-order valence-electron chi connectivity index (χ1n) is 5.47. The Morgan fingerprint density at radius 2 is 2.38 bits per heavy atom. The average Bonchev–Trinajstić information content (AvgIpc) is 2.66. The number of carbonyl (C=O) groups is 1. The van der Waals surface area contributed by atoms with E-state index in [2.05, 4.69) is 15.5 Å². The lowest BCUT2D eigenvalue weighted by Crippen LogP contribution is -2.34. The lowest BCUT2D eigenvalue weighted by atomic mass is 10.2. The summed E-state index contributed by atoms with van der Waals surface area (Å²) in [5.74, 6) is 0. The summed E-state index contributed by atoms with van der Waals surface area (Å²) in [6, 6.07) is 0.0311. The molecule has 88 valence electrons. The summed E-state index contributed by atoms with van der Waals surface area (Å²) in [7, 11) is 0. The smallest absolute Gasteiger partial charge is 0.408 e. The number of hydrogen-bond acceptors (Lipinski definition) is 3. The van der Waals surface area contributed by atoms with Gasteiger partial charge in [-0.2, -0.15) is 5.10 Å². The molecule has 1 heterocycles. The lowest BCUT2D eigenvalue weighted by molar-refractivity contribution is 0.0503. The highest BCUT2D eigenvalue weighted by molar-refractivity contribution is 5.68. The number of H-pyrrole nitrogens is 1. The van der Waals surface area contributed by atoms with Crippen LogP contribution in [-0.4, -0.2) is 21.9 Å². The Morgan fingerprint density at radius 3 is 3.06 bits per heavy atom. The van der Waals surface area contributed by atoms with Gasteiger partial charge in [0.15, 0.2) is 0 Å². The maximum Gasteiger partial charge on any atom is 0.408 e. The summed E-state index contributed by atoms with van der Waals surface area (Å²) >= 11 is 0. The number of nitrogens with one attached hydrogen (secondary N) is 2. The number of aromatic nitrogens is 2. The molecule has 2 rings (SSSR count). The van der Waals surface area contributed by atoms with E-state index in [-0.39, 0.29) is 12.1 Å². The third-order valence-electron chi connectivity index (χ3n) is 2.50. The minimum absolute atomic E-state index is 0.0311. The summed E-state index contributed by atoms with van der Waals surface area (Å²) < 4.78 is 5.21. The molecule has 0 bridgehead atoms. The highest BCUT2D eigenvalue weighted by atomic mass is 16.6. The number of ether oxygens (including phenoxy) is 1. The molecule has 1 amide bonds. The van der Waals surface area contributed by atoms with E-state index in [1.54, 1.807) is 6.20 Å². The largest absolute Gasteiger partial charge is 0.444 e. The number of nitrogens with zero attached hydrogens (tertiary/aromatic N) is 1. The first-order valence-corrected chi connectivity index (χ1v) is 5.47. The molecule has 5 nitrogen and oxygen atoms in total. The number of alkyl carbamates (subject to hydrolysis) is 1. The lowest BCUT2D eigenvalue weighted by Gasteiger charge is -2.21. The van der Waals surface area contributed by atoms with Crippen molar-refractivity contribution in [2.24, 2.45) is 0 Å². The van der Waals surface area contributed by atoms with Gasteiger partial charge in [-0.3, -0.25) is 5.10 Å². The zero-order valence-electron chi connectivity index (χ0n) is 9.83. The van der Waals surface area contributed by atoms with Gasteiger partial charge in [0, 0.05) is 11.3 Å². The van der Waals surface area contributed by atoms with Crippen molar-refractivity contribution in [3.63, 3.8) is 0 Å². The molecule has 0 spiro atoms. The molecule has 0 fully saturated rings. The van der Waals surface area contributed by atoms with E-state index in [4.69, 9.17) is 4.74 Å². The molecule has 0 radical (unpaired) electrons. The first kappa shape index (κ1) is 11.0. The van der Waals surface area contributed by atoms with E-state index in [1.165, 1.54) is 0 Å². The number of hydrogen-bond donors (Lipinski definition) is 2. The number of carbonyl (C=O) groups excluding carboxylic acids is 1. The van der Waals surface area contributed by atoms with Gasteiger partial charge in [-0.1, -0.05) is 0 Å². The van der Waals surface area contributed by atoms with Crippen LogP contribution in [0, 0.1) is 0 Å². The number of rotatable bonds is 1. The average molecular weight is 223 g/mol. The molecule has 0 aromatic carbocycles. The van der Waals surface area contributed by atoms with E-state index in [9.17, 15) is 4.79 Å². The molecule has 1 atom stereocenters. The molecule has 1 unspecified atom stereocenters. The van der Waals surface area contributed by atoms with Gasteiger partial charge in [0.25, 0.3) is 0 Å². The van der Waals surface area contributed by atoms with Crippen LogP contribution in [0.2, 0.25) is 0 Å². The van der Waals surface area contributed by atoms with Crippen LogP contribution in [0.3, 0.4) is 0 Å². The van der Waals surface area contributed by atoms with Gasteiger partial charge in [-0.25, -0.2) is 4.79 Å². The van der Waals surface area contributed by atoms with Crippen molar-refractivity contribution in [3.05, 3.63) is 17.5 Å². The summed E-state index contributed by atoms with van der Waals surface area (Å²) in [4.78, 5) is 11.6. The number of aromatic amines is 1. The predicted molar refractivity (Wildman–Crippen MR) is 59.0 cm³/mol. The van der Waals surface area contributed by atoms with E-state index in [0.29, 0.717) is 0 Å². The molecule has 1 aliphatic rings. The highest BCUT2D eigenvalue weighted by Gasteiger charge is 2.27. The van der Waals surface area contributed by atoms with Crippen molar-refractivity contribution in [2.45, 2.75) is 45.3 Å². The van der Waals surface area contributed by atoms with Crippen LogP contribution < -0.4 is 5.32 Å². The normalized spacial score (nSPS) is 19.3.